The van der Waals surface area contributed by atoms with E-state index in [1.165, 1.54) is 0 Å². The van der Waals surface area contributed by atoms with Gasteiger partial charge < -0.3 is 10.1 Å². The van der Waals surface area contributed by atoms with Crippen LogP contribution in [0.2, 0.25) is 0 Å². The Labute approximate surface area is 159 Å². The molecule has 0 saturated heterocycles. The largest absolute Gasteiger partial charge is 0.494 e. The lowest BCUT2D eigenvalue weighted by molar-refractivity contribution is 0.0951. The van der Waals surface area contributed by atoms with Gasteiger partial charge in [-0.15, -0.1) is 11.8 Å². The molecule has 0 aliphatic heterocycles. The molecule has 0 spiro atoms. The first-order valence-corrected chi connectivity index (χ1v) is 9.00. The van der Waals surface area contributed by atoms with Gasteiger partial charge in [0.25, 0.3) is 5.91 Å². The van der Waals surface area contributed by atoms with Gasteiger partial charge in [-0.2, -0.15) is 0 Å². The third kappa shape index (κ3) is 5.32. The zero-order valence-corrected chi connectivity index (χ0v) is 15.4. The summed E-state index contributed by atoms with van der Waals surface area (Å²) < 4.78 is 5.75. The summed E-state index contributed by atoms with van der Waals surface area (Å²) >= 11 is 0. The molecule has 2 aromatic carbocycles. The lowest BCUT2D eigenvalue weighted by atomic mass is 10.1. The Balaban J connectivity index is 1.56. The Morgan fingerprint density at radius 2 is 2.07 bits per heavy atom. The second kappa shape index (κ2) is 9.40. The normalized spacial score (nSPS) is 10.1. The molecule has 1 heterocycles. The van der Waals surface area contributed by atoms with E-state index < -0.39 is 0 Å². The van der Waals surface area contributed by atoms with Crippen LogP contribution in [0.3, 0.4) is 0 Å². The van der Waals surface area contributed by atoms with E-state index in [1.54, 1.807) is 12.3 Å². The number of aromatic nitrogens is 1. The fraction of sp³-hybridized carbons (Fsp3) is 0.217. The standard InChI is InChI=1S/C23H22N2O2/c1-2-3-4-5-14-27-21-10-6-8-18(15-21)17-25-23(26)20-11-12-22-19(16-20)9-7-13-24-22/h6-13,15-16H,4-5,14,17H2,1H3,(H,25,26). The van der Waals surface area contributed by atoms with Crippen molar-refractivity contribution < 1.29 is 9.53 Å². The van der Waals surface area contributed by atoms with Crippen molar-refractivity contribution in [3.63, 3.8) is 0 Å². The Bertz CT molecular complexity index is 986. The minimum absolute atomic E-state index is 0.106. The van der Waals surface area contributed by atoms with E-state index in [2.05, 4.69) is 22.1 Å². The van der Waals surface area contributed by atoms with E-state index in [0.29, 0.717) is 18.7 Å². The van der Waals surface area contributed by atoms with E-state index in [4.69, 9.17) is 4.74 Å². The van der Waals surface area contributed by atoms with E-state index >= 15 is 0 Å². The average Bonchev–Trinajstić information content (AvgIpc) is 2.72. The molecule has 1 N–H and O–H groups in total. The second-order valence-corrected chi connectivity index (χ2v) is 6.12. The van der Waals surface area contributed by atoms with E-state index in [1.807, 2.05) is 55.5 Å². The highest BCUT2D eigenvalue weighted by Crippen LogP contribution is 2.15. The van der Waals surface area contributed by atoms with Gasteiger partial charge in [0, 0.05) is 30.1 Å². The van der Waals surface area contributed by atoms with E-state index in [9.17, 15) is 4.79 Å². The van der Waals surface area contributed by atoms with Crippen molar-refractivity contribution >= 4 is 16.8 Å². The Hall–Kier alpha value is -3.32. The fourth-order valence-corrected chi connectivity index (χ4v) is 2.72. The number of hydrogen-bond donors (Lipinski definition) is 1. The molecule has 27 heavy (non-hydrogen) atoms. The first kappa shape index (κ1) is 18.5. The summed E-state index contributed by atoms with van der Waals surface area (Å²) in [7, 11) is 0. The molecular weight excluding hydrogens is 336 g/mol. The Morgan fingerprint density at radius 1 is 1.15 bits per heavy atom. The summed E-state index contributed by atoms with van der Waals surface area (Å²) in [5.41, 5.74) is 2.50. The molecule has 0 bridgehead atoms. The molecule has 1 aromatic heterocycles. The molecule has 3 rings (SSSR count). The number of carbonyl (C=O) groups excluding carboxylic acids is 1. The lowest BCUT2D eigenvalue weighted by Crippen LogP contribution is -2.22. The number of ether oxygens (including phenoxy) is 1. The molecule has 4 nitrogen and oxygen atoms in total. The van der Waals surface area contributed by atoms with Crippen LogP contribution < -0.4 is 10.1 Å². The quantitative estimate of drug-likeness (QED) is 0.505. The summed E-state index contributed by atoms with van der Waals surface area (Å²) in [5.74, 6) is 6.60. The lowest BCUT2D eigenvalue weighted by Gasteiger charge is -2.09. The van der Waals surface area contributed by atoms with Crippen molar-refractivity contribution in [3.05, 3.63) is 71.9 Å². The van der Waals surface area contributed by atoms with Crippen LogP contribution in [-0.2, 0) is 6.54 Å². The summed E-state index contributed by atoms with van der Waals surface area (Å²) in [6.07, 6.45) is 3.49. The van der Waals surface area contributed by atoms with Crippen LogP contribution in [0.25, 0.3) is 10.9 Å². The predicted octanol–water partition coefficient (Wildman–Crippen LogP) is 4.35. The fourth-order valence-electron chi connectivity index (χ4n) is 2.72. The highest BCUT2D eigenvalue weighted by molar-refractivity contribution is 5.97. The topological polar surface area (TPSA) is 51.2 Å². The molecule has 136 valence electrons. The second-order valence-electron chi connectivity index (χ2n) is 6.12. The van der Waals surface area contributed by atoms with Gasteiger partial charge >= 0.3 is 0 Å². The molecule has 3 aromatic rings. The van der Waals surface area contributed by atoms with Crippen LogP contribution >= 0.6 is 0 Å². The van der Waals surface area contributed by atoms with Gasteiger partial charge in [0.2, 0.25) is 0 Å². The van der Waals surface area contributed by atoms with Crippen molar-refractivity contribution in [2.45, 2.75) is 26.3 Å². The molecule has 0 aliphatic rings. The van der Waals surface area contributed by atoms with Crippen LogP contribution in [0.5, 0.6) is 5.75 Å². The van der Waals surface area contributed by atoms with E-state index in [0.717, 1.165) is 35.1 Å². The predicted molar refractivity (Wildman–Crippen MR) is 108 cm³/mol. The van der Waals surface area contributed by atoms with Gasteiger partial charge in [-0.05, 0) is 55.3 Å². The minimum atomic E-state index is -0.106. The van der Waals surface area contributed by atoms with Gasteiger partial charge in [0.05, 0.1) is 12.1 Å². The summed E-state index contributed by atoms with van der Waals surface area (Å²) in [4.78, 5) is 16.7. The minimum Gasteiger partial charge on any atom is -0.494 e. The number of carbonyl (C=O) groups is 1. The maximum atomic E-state index is 12.4. The molecule has 4 heteroatoms. The smallest absolute Gasteiger partial charge is 0.251 e. The highest BCUT2D eigenvalue weighted by Gasteiger charge is 2.07. The number of fused-ring (bicyclic) bond motifs is 1. The van der Waals surface area contributed by atoms with E-state index in [-0.39, 0.29) is 5.91 Å². The number of unbranched alkanes of at least 4 members (excludes halogenated alkanes) is 1. The molecule has 1 amide bonds. The zero-order chi connectivity index (χ0) is 18.9. The van der Waals surface area contributed by atoms with Gasteiger partial charge in [-0.1, -0.05) is 18.2 Å². The van der Waals surface area contributed by atoms with Crippen LogP contribution in [0.1, 0.15) is 35.7 Å². The number of nitrogens with zero attached hydrogens (tertiary/aromatic N) is 1. The maximum absolute atomic E-state index is 12.4. The number of benzene rings is 2. The monoisotopic (exact) mass is 358 g/mol. The van der Waals surface area contributed by atoms with Gasteiger partial charge in [-0.3, -0.25) is 9.78 Å². The number of rotatable bonds is 7. The van der Waals surface area contributed by atoms with Crippen molar-refractivity contribution in [1.29, 1.82) is 0 Å². The van der Waals surface area contributed by atoms with Gasteiger partial charge in [-0.25, -0.2) is 0 Å². The third-order valence-electron chi connectivity index (χ3n) is 4.11. The number of hydrogen-bond acceptors (Lipinski definition) is 3. The first-order chi connectivity index (χ1) is 13.3. The zero-order valence-electron chi connectivity index (χ0n) is 15.4. The molecule has 0 aliphatic carbocycles. The summed E-state index contributed by atoms with van der Waals surface area (Å²) in [6, 6.07) is 17.1. The Morgan fingerprint density at radius 3 is 2.96 bits per heavy atom. The number of amides is 1. The third-order valence-corrected chi connectivity index (χ3v) is 4.11. The summed E-state index contributed by atoms with van der Waals surface area (Å²) in [6.45, 7) is 2.92. The molecular formula is C23H22N2O2. The van der Waals surface area contributed by atoms with Crippen molar-refractivity contribution in [1.82, 2.24) is 10.3 Å². The number of pyridine rings is 1. The molecule has 0 unspecified atom stereocenters. The molecule has 0 atom stereocenters. The highest BCUT2D eigenvalue weighted by atomic mass is 16.5. The first-order valence-electron chi connectivity index (χ1n) is 9.00. The van der Waals surface area contributed by atoms with Crippen LogP contribution in [0, 0.1) is 11.8 Å². The van der Waals surface area contributed by atoms with Crippen molar-refractivity contribution in [2.24, 2.45) is 0 Å². The maximum Gasteiger partial charge on any atom is 0.251 e. The van der Waals surface area contributed by atoms with Crippen molar-refractivity contribution in [2.75, 3.05) is 6.61 Å². The SMILES string of the molecule is CC#CCCCOc1cccc(CNC(=O)c2ccc3ncccc3c2)c1. The number of nitrogens with one attached hydrogen (secondary N) is 1. The Kier molecular flexibility index (Phi) is 6.43. The molecule has 0 radical (unpaired) electrons. The molecule has 0 fully saturated rings. The molecule has 0 saturated carbocycles. The van der Waals surface area contributed by atoms with Gasteiger partial charge in [0.1, 0.15) is 5.75 Å². The van der Waals surface area contributed by atoms with Crippen molar-refractivity contribution in [3.8, 4) is 17.6 Å². The average molecular weight is 358 g/mol. The van der Waals surface area contributed by atoms with Crippen LogP contribution in [0.4, 0.5) is 0 Å². The van der Waals surface area contributed by atoms with Crippen LogP contribution in [-0.4, -0.2) is 17.5 Å². The van der Waals surface area contributed by atoms with Gasteiger partial charge in [0.15, 0.2) is 0 Å². The summed E-state index contributed by atoms with van der Waals surface area (Å²) in [5, 5.41) is 3.91. The van der Waals surface area contributed by atoms with Crippen LogP contribution in [0.15, 0.2) is 60.8 Å².